The van der Waals surface area contributed by atoms with Crippen LogP contribution < -0.4 is 4.90 Å². The molecule has 218 valence electrons. The molecule has 1 aromatic heterocycles. The van der Waals surface area contributed by atoms with E-state index < -0.39 is 0 Å². The Bertz CT molecular complexity index is 1830. The number of hydrogen-bond acceptors (Lipinski definition) is 1. The lowest BCUT2D eigenvalue weighted by atomic mass is 9.79. The van der Waals surface area contributed by atoms with Crippen LogP contribution in [0.3, 0.4) is 0 Å². The summed E-state index contributed by atoms with van der Waals surface area (Å²) in [7, 11) is 0. The molecule has 0 amide bonds. The third-order valence-electron chi connectivity index (χ3n) is 10.9. The molecule has 0 N–H and O–H groups in total. The molecule has 6 aliphatic rings. The molecule has 2 aromatic carbocycles. The average Bonchev–Trinajstić information content (AvgIpc) is 3.60. The summed E-state index contributed by atoms with van der Waals surface area (Å²) in [6.07, 6.45) is 38.8. The normalized spacial score (nSPS) is 27.6. The average molecular weight is 573 g/mol. The number of hydrogen-bond donors (Lipinski definition) is 0. The lowest BCUT2D eigenvalue weighted by molar-refractivity contribution is 0.485. The first kappa shape index (κ1) is 26.1. The van der Waals surface area contributed by atoms with E-state index in [0.717, 1.165) is 25.7 Å². The topological polar surface area (TPSA) is 8.17 Å². The summed E-state index contributed by atoms with van der Waals surface area (Å²) < 4.78 is 2.63. The summed E-state index contributed by atoms with van der Waals surface area (Å²) in [5.74, 6) is 1.93. The minimum absolute atomic E-state index is 0.346. The van der Waals surface area contributed by atoms with E-state index in [1.807, 2.05) is 0 Å². The van der Waals surface area contributed by atoms with E-state index in [2.05, 4.69) is 137 Å². The number of rotatable bonds is 4. The molecule has 2 nitrogen and oxygen atoms in total. The van der Waals surface area contributed by atoms with Gasteiger partial charge in [-0.25, -0.2) is 0 Å². The summed E-state index contributed by atoms with van der Waals surface area (Å²) in [5.41, 5.74) is 12.9. The van der Waals surface area contributed by atoms with Gasteiger partial charge in [-0.1, -0.05) is 97.2 Å². The van der Waals surface area contributed by atoms with E-state index >= 15 is 0 Å². The fourth-order valence-electron chi connectivity index (χ4n) is 8.85. The molecular formula is C42H40N2. The Balaban J connectivity index is 1.19. The van der Waals surface area contributed by atoms with Crippen LogP contribution in [-0.4, -0.2) is 10.6 Å². The fourth-order valence-corrected chi connectivity index (χ4v) is 8.85. The lowest BCUT2D eigenvalue weighted by Gasteiger charge is -2.30. The van der Waals surface area contributed by atoms with Gasteiger partial charge in [0.1, 0.15) is 0 Å². The van der Waals surface area contributed by atoms with Crippen molar-refractivity contribution in [3.63, 3.8) is 0 Å². The van der Waals surface area contributed by atoms with Crippen molar-refractivity contribution < 1.29 is 0 Å². The first-order chi connectivity index (χ1) is 21.8. The van der Waals surface area contributed by atoms with Gasteiger partial charge < -0.3 is 9.47 Å². The smallest absolute Gasteiger partial charge is 0.0591 e. The highest BCUT2D eigenvalue weighted by atomic mass is 15.2. The number of anilines is 1. The van der Waals surface area contributed by atoms with Crippen molar-refractivity contribution in [3.05, 3.63) is 155 Å². The van der Waals surface area contributed by atoms with Crippen LogP contribution in [0, 0.1) is 11.8 Å². The zero-order valence-corrected chi connectivity index (χ0v) is 25.4. The molecule has 1 aliphatic heterocycles. The number of aromatic nitrogens is 1. The molecule has 0 radical (unpaired) electrons. The van der Waals surface area contributed by atoms with Crippen molar-refractivity contribution in [2.45, 2.75) is 62.8 Å². The Morgan fingerprint density at radius 1 is 0.727 bits per heavy atom. The van der Waals surface area contributed by atoms with E-state index in [1.54, 1.807) is 5.56 Å². The second kappa shape index (κ2) is 10.7. The number of allylic oxidation sites excluding steroid dienone is 10. The predicted molar refractivity (Wildman–Crippen MR) is 184 cm³/mol. The number of fused-ring (bicyclic) bond motifs is 6. The fraction of sp³-hybridized carbons (Fsp3) is 0.286. The van der Waals surface area contributed by atoms with Crippen molar-refractivity contribution in [2.24, 2.45) is 11.8 Å². The molecule has 0 spiro atoms. The SMILES string of the molecule is C1=CCC(c2cccc(N3C4=Cc5c(c6c(n5-c5cccc(C7C=CCCC7)c5)CCC=C6)CC4C4C=CC=CC43)c2)C=C1. The van der Waals surface area contributed by atoms with Crippen molar-refractivity contribution in [1.29, 1.82) is 0 Å². The molecule has 5 aliphatic carbocycles. The molecule has 2 heterocycles. The molecule has 1 saturated heterocycles. The largest absolute Gasteiger partial charge is 0.337 e. The van der Waals surface area contributed by atoms with E-state index in [1.165, 1.54) is 64.4 Å². The van der Waals surface area contributed by atoms with Crippen LogP contribution in [0.4, 0.5) is 5.69 Å². The highest BCUT2D eigenvalue weighted by Gasteiger charge is 2.46. The highest BCUT2D eigenvalue weighted by Crippen LogP contribution is 2.51. The molecule has 5 unspecified atom stereocenters. The van der Waals surface area contributed by atoms with Gasteiger partial charge in [-0.2, -0.15) is 0 Å². The van der Waals surface area contributed by atoms with Crippen molar-refractivity contribution in [1.82, 2.24) is 4.57 Å². The van der Waals surface area contributed by atoms with Crippen LogP contribution in [0.1, 0.15) is 77.6 Å². The van der Waals surface area contributed by atoms with Gasteiger partial charge in [0.25, 0.3) is 0 Å². The van der Waals surface area contributed by atoms with E-state index in [0.29, 0.717) is 29.7 Å². The molecule has 1 fully saturated rings. The third-order valence-corrected chi connectivity index (χ3v) is 10.9. The number of benzene rings is 2. The van der Waals surface area contributed by atoms with E-state index in [4.69, 9.17) is 0 Å². The van der Waals surface area contributed by atoms with Gasteiger partial charge in [0.05, 0.1) is 11.7 Å². The first-order valence-corrected chi connectivity index (χ1v) is 16.8. The van der Waals surface area contributed by atoms with Crippen LogP contribution in [0.5, 0.6) is 0 Å². The quantitative estimate of drug-likeness (QED) is 0.283. The zero-order valence-electron chi connectivity index (χ0n) is 25.4. The summed E-state index contributed by atoms with van der Waals surface area (Å²) in [6.45, 7) is 0. The maximum atomic E-state index is 2.68. The van der Waals surface area contributed by atoms with Gasteiger partial charge in [-0.15, -0.1) is 0 Å². The second-order valence-corrected chi connectivity index (χ2v) is 13.4. The second-order valence-electron chi connectivity index (χ2n) is 13.4. The summed E-state index contributed by atoms with van der Waals surface area (Å²) in [6, 6.07) is 19.2. The molecule has 2 heteroatoms. The standard InChI is InChI=1S/C42H40N2/c1-3-13-29(14-4-1)31-17-11-19-33(25-31)43-39-23-9-7-21-35(39)37-27-38-36-22-8-10-24-40(36)44(42(38)28-41(37)43)34-20-12-18-32(26-34)30-15-5-2-6-16-30/h1,3-5,7-9,11-13,15,17-23,25-26,28-30,35,37,39H,2,6,10,14,16,24,27H2. The Labute approximate surface area is 261 Å². The van der Waals surface area contributed by atoms with Crippen molar-refractivity contribution in [3.8, 4) is 5.69 Å². The molecule has 3 aromatic rings. The maximum absolute atomic E-state index is 2.68. The Hall–Kier alpha value is -4.30. The first-order valence-electron chi connectivity index (χ1n) is 16.8. The zero-order chi connectivity index (χ0) is 29.0. The summed E-state index contributed by atoms with van der Waals surface area (Å²) >= 11 is 0. The van der Waals surface area contributed by atoms with Gasteiger partial charge in [0, 0.05) is 46.4 Å². The van der Waals surface area contributed by atoms with Crippen LogP contribution in [0.15, 0.2) is 121 Å². The monoisotopic (exact) mass is 572 g/mol. The van der Waals surface area contributed by atoms with Gasteiger partial charge in [0.15, 0.2) is 0 Å². The molecular weight excluding hydrogens is 532 g/mol. The lowest BCUT2D eigenvalue weighted by Crippen LogP contribution is -2.30. The maximum Gasteiger partial charge on any atom is 0.0591 e. The van der Waals surface area contributed by atoms with Crippen LogP contribution in [0.2, 0.25) is 0 Å². The van der Waals surface area contributed by atoms with Crippen LogP contribution in [-0.2, 0) is 12.8 Å². The summed E-state index contributed by atoms with van der Waals surface area (Å²) in [5, 5.41) is 0. The van der Waals surface area contributed by atoms with Gasteiger partial charge in [-0.3, -0.25) is 0 Å². The van der Waals surface area contributed by atoms with Gasteiger partial charge in [-0.05, 0) is 97.5 Å². The Morgan fingerprint density at radius 2 is 1.57 bits per heavy atom. The Morgan fingerprint density at radius 3 is 2.43 bits per heavy atom. The minimum Gasteiger partial charge on any atom is -0.337 e. The highest BCUT2D eigenvalue weighted by molar-refractivity contribution is 5.76. The van der Waals surface area contributed by atoms with Crippen LogP contribution >= 0.6 is 0 Å². The number of nitrogens with zero attached hydrogens (tertiary/aromatic N) is 2. The molecule has 0 saturated carbocycles. The van der Waals surface area contributed by atoms with E-state index in [9.17, 15) is 0 Å². The molecule has 44 heavy (non-hydrogen) atoms. The van der Waals surface area contributed by atoms with Crippen molar-refractivity contribution >= 4 is 17.8 Å². The Kier molecular flexibility index (Phi) is 6.35. The van der Waals surface area contributed by atoms with Gasteiger partial charge in [0.2, 0.25) is 0 Å². The van der Waals surface area contributed by atoms with Crippen molar-refractivity contribution in [2.75, 3.05) is 4.90 Å². The van der Waals surface area contributed by atoms with Crippen LogP contribution in [0.25, 0.3) is 17.8 Å². The minimum atomic E-state index is 0.346. The van der Waals surface area contributed by atoms with Gasteiger partial charge >= 0.3 is 0 Å². The third kappa shape index (κ3) is 4.22. The predicted octanol–water partition coefficient (Wildman–Crippen LogP) is 10.0. The molecule has 9 rings (SSSR count). The summed E-state index contributed by atoms with van der Waals surface area (Å²) in [4.78, 5) is 2.68. The van der Waals surface area contributed by atoms with E-state index in [-0.39, 0.29) is 0 Å². The molecule has 0 bridgehead atoms. The molecule has 5 atom stereocenters.